The molecular weight excluding hydrogens is 257 g/mol. The summed E-state index contributed by atoms with van der Waals surface area (Å²) < 4.78 is 13.0. The summed E-state index contributed by atoms with van der Waals surface area (Å²) in [4.78, 5) is 23.4. The minimum absolute atomic E-state index is 0.240. The molecule has 6 nitrogen and oxygen atoms in total. The van der Waals surface area contributed by atoms with Crippen molar-refractivity contribution < 1.29 is 29.3 Å². The number of piperidine rings is 1. The quantitative estimate of drug-likeness (QED) is 0.704. The van der Waals surface area contributed by atoms with Gasteiger partial charge in [0.05, 0.1) is 18.7 Å². The predicted octanol–water partition coefficient (Wildman–Crippen LogP) is 1.19. The molecule has 1 rings (SSSR count). The third-order valence-corrected chi connectivity index (χ3v) is 4.08. The number of nitrogens with zero attached hydrogens (tertiary/aromatic N) is 1. The van der Waals surface area contributed by atoms with Gasteiger partial charge in [-0.2, -0.15) is 0 Å². The van der Waals surface area contributed by atoms with E-state index in [0.717, 1.165) is 4.90 Å². The second kappa shape index (κ2) is 4.96. The average Bonchev–Trinajstić information content (AvgIpc) is 2.26. The van der Waals surface area contributed by atoms with E-state index < -0.39 is 48.3 Å². The SMILES string of the molecule is CC(C)(C)C1(C(=O)O)C[C@@H](CF)N(C(=O)O)CC1O. The Bertz CT molecular complexity index is 381. The summed E-state index contributed by atoms with van der Waals surface area (Å²) in [5.41, 5.74) is -2.38. The van der Waals surface area contributed by atoms with E-state index in [1.165, 1.54) is 0 Å². The standard InChI is InChI=1S/C12H20FNO5/c1-11(2,3)12(9(16)17)4-7(5-13)14(10(18)19)6-8(12)15/h7-8,15H,4-6H2,1-3H3,(H,16,17)(H,18,19)/t7-,8?,12?/m0/s1. The third-order valence-electron chi connectivity index (χ3n) is 4.08. The van der Waals surface area contributed by atoms with Crippen LogP contribution in [0.15, 0.2) is 0 Å². The van der Waals surface area contributed by atoms with Crippen molar-refractivity contribution in [3.05, 3.63) is 0 Å². The van der Waals surface area contributed by atoms with E-state index in [9.17, 15) is 24.2 Å². The first-order chi connectivity index (χ1) is 8.57. The van der Waals surface area contributed by atoms with E-state index in [1.54, 1.807) is 20.8 Å². The van der Waals surface area contributed by atoms with Gasteiger partial charge >= 0.3 is 12.1 Å². The van der Waals surface area contributed by atoms with Crippen LogP contribution >= 0.6 is 0 Å². The molecule has 1 heterocycles. The topological polar surface area (TPSA) is 98.1 Å². The summed E-state index contributed by atoms with van der Waals surface area (Å²) >= 11 is 0. The number of aliphatic hydroxyl groups is 1. The number of likely N-dealkylation sites (tertiary alicyclic amines) is 1. The highest BCUT2D eigenvalue weighted by Crippen LogP contribution is 2.49. The van der Waals surface area contributed by atoms with Crippen LogP contribution in [0.2, 0.25) is 0 Å². The Labute approximate surface area is 110 Å². The van der Waals surface area contributed by atoms with Gasteiger partial charge in [-0.25, -0.2) is 9.18 Å². The van der Waals surface area contributed by atoms with Gasteiger partial charge in [0.1, 0.15) is 12.1 Å². The zero-order chi connectivity index (χ0) is 15.0. The van der Waals surface area contributed by atoms with Crippen LogP contribution in [0.4, 0.5) is 9.18 Å². The zero-order valence-electron chi connectivity index (χ0n) is 11.3. The molecule has 1 saturated heterocycles. The smallest absolute Gasteiger partial charge is 0.407 e. The summed E-state index contributed by atoms with van der Waals surface area (Å²) in [7, 11) is 0. The van der Waals surface area contributed by atoms with Crippen LogP contribution in [0, 0.1) is 10.8 Å². The molecule has 1 aliphatic heterocycles. The number of aliphatic carboxylic acids is 1. The largest absolute Gasteiger partial charge is 0.481 e. The lowest BCUT2D eigenvalue weighted by molar-refractivity contribution is -0.181. The number of hydrogen-bond donors (Lipinski definition) is 3. The molecule has 0 aromatic heterocycles. The van der Waals surface area contributed by atoms with Crippen molar-refractivity contribution in [3.8, 4) is 0 Å². The van der Waals surface area contributed by atoms with Crippen molar-refractivity contribution in [2.45, 2.75) is 39.3 Å². The first-order valence-corrected chi connectivity index (χ1v) is 6.05. The molecule has 3 atom stereocenters. The highest BCUT2D eigenvalue weighted by atomic mass is 19.1. The molecule has 1 aliphatic rings. The second-order valence-corrected chi connectivity index (χ2v) is 5.99. The van der Waals surface area contributed by atoms with Crippen LogP contribution < -0.4 is 0 Å². The van der Waals surface area contributed by atoms with Crippen molar-refractivity contribution in [1.82, 2.24) is 4.90 Å². The molecule has 3 N–H and O–H groups in total. The lowest BCUT2D eigenvalue weighted by atomic mass is 9.58. The Morgan fingerprint density at radius 2 is 1.89 bits per heavy atom. The number of aliphatic hydroxyl groups excluding tert-OH is 1. The lowest BCUT2D eigenvalue weighted by Gasteiger charge is -2.51. The molecule has 0 aliphatic carbocycles. The molecule has 1 amide bonds. The van der Waals surface area contributed by atoms with E-state index >= 15 is 0 Å². The van der Waals surface area contributed by atoms with E-state index in [2.05, 4.69) is 0 Å². The molecule has 2 unspecified atom stereocenters. The first-order valence-electron chi connectivity index (χ1n) is 6.05. The van der Waals surface area contributed by atoms with Gasteiger partial charge < -0.3 is 20.2 Å². The molecule has 0 aromatic rings. The van der Waals surface area contributed by atoms with Gasteiger partial charge in [0, 0.05) is 0 Å². The molecule has 0 spiro atoms. The lowest BCUT2D eigenvalue weighted by Crippen LogP contribution is -2.64. The minimum atomic E-state index is -1.56. The van der Waals surface area contributed by atoms with E-state index in [0.29, 0.717) is 0 Å². The fourth-order valence-corrected chi connectivity index (χ4v) is 2.84. The Hall–Kier alpha value is -1.37. The number of hydrogen-bond acceptors (Lipinski definition) is 3. The third kappa shape index (κ3) is 2.39. The van der Waals surface area contributed by atoms with Gasteiger partial charge in [-0.15, -0.1) is 0 Å². The number of amides is 1. The van der Waals surface area contributed by atoms with E-state index in [4.69, 9.17) is 5.11 Å². The van der Waals surface area contributed by atoms with Gasteiger partial charge in [0.15, 0.2) is 0 Å². The van der Waals surface area contributed by atoms with Crippen LogP contribution in [-0.4, -0.2) is 57.6 Å². The molecule has 0 radical (unpaired) electrons. The monoisotopic (exact) mass is 277 g/mol. The number of carboxylic acids is 1. The fraction of sp³-hybridized carbons (Fsp3) is 0.833. The van der Waals surface area contributed by atoms with Gasteiger partial charge in [0.25, 0.3) is 0 Å². The Morgan fingerprint density at radius 1 is 1.37 bits per heavy atom. The van der Waals surface area contributed by atoms with Crippen molar-refractivity contribution >= 4 is 12.1 Å². The van der Waals surface area contributed by atoms with Crippen molar-refractivity contribution in [2.75, 3.05) is 13.2 Å². The highest BCUT2D eigenvalue weighted by Gasteiger charge is 2.59. The maximum absolute atomic E-state index is 13.0. The average molecular weight is 277 g/mol. The highest BCUT2D eigenvalue weighted by molar-refractivity contribution is 5.77. The molecule has 0 aromatic carbocycles. The van der Waals surface area contributed by atoms with Gasteiger partial charge in [0.2, 0.25) is 0 Å². The van der Waals surface area contributed by atoms with Crippen molar-refractivity contribution in [2.24, 2.45) is 10.8 Å². The number of halogens is 1. The fourth-order valence-electron chi connectivity index (χ4n) is 2.84. The number of alkyl halides is 1. The number of rotatable bonds is 2. The molecule has 0 saturated carbocycles. The van der Waals surface area contributed by atoms with Gasteiger partial charge in [-0.3, -0.25) is 4.79 Å². The summed E-state index contributed by atoms with van der Waals surface area (Å²) in [6.45, 7) is 3.58. The summed E-state index contributed by atoms with van der Waals surface area (Å²) in [5, 5.41) is 28.6. The van der Waals surface area contributed by atoms with Crippen molar-refractivity contribution in [1.29, 1.82) is 0 Å². The van der Waals surface area contributed by atoms with Gasteiger partial charge in [-0.1, -0.05) is 20.8 Å². The normalized spacial score (nSPS) is 32.2. The number of β-amino-alcohol motifs (C(OH)–C–C–N with tert-alkyl or cyclic N) is 1. The van der Waals surface area contributed by atoms with Crippen LogP contribution in [0.25, 0.3) is 0 Å². The Balaban J connectivity index is 3.23. The predicted molar refractivity (Wildman–Crippen MR) is 64.6 cm³/mol. The maximum Gasteiger partial charge on any atom is 0.407 e. The zero-order valence-corrected chi connectivity index (χ0v) is 11.3. The first kappa shape index (κ1) is 15.7. The summed E-state index contributed by atoms with van der Waals surface area (Å²) in [5.74, 6) is -1.23. The molecule has 19 heavy (non-hydrogen) atoms. The summed E-state index contributed by atoms with van der Waals surface area (Å²) in [6, 6.07) is -1.05. The number of carboxylic acid groups (broad SMARTS) is 2. The Kier molecular flexibility index (Phi) is 4.09. The molecule has 1 fully saturated rings. The summed E-state index contributed by atoms with van der Waals surface area (Å²) in [6.07, 6.45) is -2.96. The maximum atomic E-state index is 13.0. The van der Waals surface area contributed by atoms with Gasteiger partial charge in [-0.05, 0) is 11.8 Å². The minimum Gasteiger partial charge on any atom is -0.481 e. The Morgan fingerprint density at radius 3 is 2.21 bits per heavy atom. The van der Waals surface area contributed by atoms with E-state index in [1.807, 2.05) is 0 Å². The number of carbonyl (C=O) groups is 2. The van der Waals surface area contributed by atoms with Crippen molar-refractivity contribution in [3.63, 3.8) is 0 Å². The molecule has 110 valence electrons. The van der Waals surface area contributed by atoms with Crippen LogP contribution in [0.5, 0.6) is 0 Å². The van der Waals surface area contributed by atoms with Crippen LogP contribution in [0.1, 0.15) is 27.2 Å². The van der Waals surface area contributed by atoms with E-state index in [-0.39, 0.29) is 6.42 Å². The van der Waals surface area contributed by atoms with Crippen LogP contribution in [-0.2, 0) is 4.79 Å². The molecule has 7 heteroatoms. The second-order valence-electron chi connectivity index (χ2n) is 5.99. The van der Waals surface area contributed by atoms with Crippen LogP contribution in [0.3, 0.4) is 0 Å². The molecular formula is C12H20FNO5. The molecule has 0 bridgehead atoms.